The third-order valence-corrected chi connectivity index (χ3v) is 3.75. The van der Waals surface area contributed by atoms with Crippen molar-refractivity contribution in [2.45, 2.75) is 45.1 Å². The van der Waals surface area contributed by atoms with E-state index in [1.165, 1.54) is 49.2 Å². The molecule has 0 spiro atoms. The van der Waals surface area contributed by atoms with Crippen LogP contribution in [0, 0.1) is 0 Å². The molecule has 0 aromatic carbocycles. The van der Waals surface area contributed by atoms with Crippen LogP contribution in [0.3, 0.4) is 0 Å². The van der Waals surface area contributed by atoms with Crippen LogP contribution in [0.5, 0.6) is 0 Å². The van der Waals surface area contributed by atoms with Gasteiger partial charge in [0.05, 0.1) is 11.2 Å². The van der Waals surface area contributed by atoms with E-state index in [-0.39, 0.29) is 0 Å². The third-order valence-electron chi connectivity index (χ3n) is 2.85. The van der Waals surface area contributed by atoms with Crippen molar-refractivity contribution in [1.29, 1.82) is 0 Å². The Labute approximate surface area is 89.8 Å². The highest BCUT2D eigenvalue weighted by molar-refractivity contribution is 7.09. The molecule has 0 saturated carbocycles. The lowest BCUT2D eigenvalue weighted by Crippen LogP contribution is -2.34. The number of hydrogen-bond donors (Lipinski definition) is 1. The second-order valence-corrected chi connectivity index (χ2v) is 4.91. The molecule has 0 aliphatic heterocycles. The van der Waals surface area contributed by atoms with Gasteiger partial charge in [0.2, 0.25) is 0 Å². The Kier molecular flexibility index (Phi) is 3.54. The molecule has 0 unspecified atom stereocenters. The topological polar surface area (TPSA) is 24.9 Å². The molecule has 0 fully saturated rings. The Hall–Kier alpha value is -0.410. The van der Waals surface area contributed by atoms with Crippen molar-refractivity contribution in [2.75, 3.05) is 6.54 Å². The third kappa shape index (κ3) is 2.34. The van der Waals surface area contributed by atoms with Crippen LogP contribution in [0.15, 0.2) is 5.51 Å². The molecular weight excluding hydrogens is 192 g/mol. The first-order valence-corrected chi connectivity index (χ1v) is 6.42. The summed E-state index contributed by atoms with van der Waals surface area (Å²) in [4.78, 5) is 5.88. The van der Waals surface area contributed by atoms with Gasteiger partial charge in [-0.1, -0.05) is 13.3 Å². The number of fused-ring (bicyclic) bond motifs is 1. The minimum absolute atomic E-state index is 0.703. The molecule has 0 amide bonds. The number of thiazole rings is 1. The monoisotopic (exact) mass is 210 g/mol. The van der Waals surface area contributed by atoms with Crippen molar-refractivity contribution in [3.63, 3.8) is 0 Å². The van der Waals surface area contributed by atoms with Crippen molar-refractivity contribution in [2.24, 2.45) is 0 Å². The van der Waals surface area contributed by atoms with E-state index in [1.54, 1.807) is 0 Å². The largest absolute Gasteiger partial charge is 0.314 e. The summed E-state index contributed by atoms with van der Waals surface area (Å²) in [5.74, 6) is 0. The Morgan fingerprint density at radius 3 is 3.43 bits per heavy atom. The molecule has 0 radical (unpaired) electrons. The molecule has 0 bridgehead atoms. The van der Waals surface area contributed by atoms with Crippen molar-refractivity contribution >= 4 is 11.3 Å². The first kappa shape index (κ1) is 10.1. The number of aryl methyl sites for hydroxylation is 1. The lowest BCUT2D eigenvalue weighted by molar-refractivity contribution is 0.454. The molecule has 14 heavy (non-hydrogen) atoms. The molecule has 0 saturated heterocycles. The second kappa shape index (κ2) is 4.89. The van der Waals surface area contributed by atoms with Gasteiger partial charge in [-0.15, -0.1) is 11.3 Å². The predicted molar refractivity (Wildman–Crippen MR) is 60.8 cm³/mol. The van der Waals surface area contributed by atoms with E-state index in [2.05, 4.69) is 17.2 Å². The van der Waals surface area contributed by atoms with Gasteiger partial charge in [0.25, 0.3) is 0 Å². The molecule has 1 atom stereocenters. The summed E-state index contributed by atoms with van der Waals surface area (Å²) in [6.07, 6.45) is 6.21. The average Bonchev–Trinajstić information content (AvgIpc) is 2.65. The van der Waals surface area contributed by atoms with Gasteiger partial charge in [0, 0.05) is 10.9 Å². The maximum Gasteiger partial charge on any atom is 0.0797 e. The fraction of sp³-hybridized carbons (Fsp3) is 0.727. The van der Waals surface area contributed by atoms with Crippen LogP contribution in [-0.2, 0) is 12.8 Å². The minimum atomic E-state index is 0.703. The zero-order chi connectivity index (χ0) is 9.80. The van der Waals surface area contributed by atoms with Crippen molar-refractivity contribution < 1.29 is 0 Å². The molecule has 1 aromatic heterocycles. The summed E-state index contributed by atoms with van der Waals surface area (Å²) in [7, 11) is 0. The molecule has 1 aliphatic rings. The van der Waals surface area contributed by atoms with E-state index in [0.717, 1.165) is 0 Å². The highest BCUT2D eigenvalue weighted by Crippen LogP contribution is 2.23. The van der Waals surface area contributed by atoms with E-state index < -0.39 is 0 Å². The van der Waals surface area contributed by atoms with E-state index >= 15 is 0 Å². The van der Waals surface area contributed by atoms with Crippen LogP contribution in [-0.4, -0.2) is 17.6 Å². The quantitative estimate of drug-likeness (QED) is 0.772. The average molecular weight is 210 g/mol. The first-order chi connectivity index (χ1) is 6.90. The van der Waals surface area contributed by atoms with Crippen molar-refractivity contribution in [3.05, 3.63) is 16.1 Å². The first-order valence-electron chi connectivity index (χ1n) is 5.54. The SMILES string of the molecule is CCCCN[C@H]1CCc2ncsc2C1. The van der Waals surface area contributed by atoms with E-state index in [4.69, 9.17) is 0 Å². The number of rotatable bonds is 4. The second-order valence-electron chi connectivity index (χ2n) is 3.97. The molecular formula is C11H18N2S. The van der Waals surface area contributed by atoms with Gasteiger partial charge in [-0.3, -0.25) is 0 Å². The van der Waals surface area contributed by atoms with Gasteiger partial charge >= 0.3 is 0 Å². The van der Waals surface area contributed by atoms with Crippen LogP contribution < -0.4 is 5.32 Å². The molecule has 2 nitrogen and oxygen atoms in total. The molecule has 1 heterocycles. The number of aromatic nitrogens is 1. The van der Waals surface area contributed by atoms with E-state index in [1.807, 2.05) is 16.8 Å². The Morgan fingerprint density at radius 1 is 1.64 bits per heavy atom. The van der Waals surface area contributed by atoms with Crippen LogP contribution in [0.4, 0.5) is 0 Å². The fourth-order valence-electron chi connectivity index (χ4n) is 1.96. The zero-order valence-corrected chi connectivity index (χ0v) is 9.57. The predicted octanol–water partition coefficient (Wildman–Crippen LogP) is 2.39. The van der Waals surface area contributed by atoms with Gasteiger partial charge in [0.1, 0.15) is 0 Å². The van der Waals surface area contributed by atoms with Crippen molar-refractivity contribution in [1.82, 2.24) is 10.3 Å². The highest BCUT2D eigenvalue weighted by Gasteiger charge is 2.19. The molecule has 1 aromatic rings. The lowest BCUT2D eigenvalue weighted by Gasteiger charge is -2.22. The number of nitrogens with zero attached hydrogens (tertiary/aromatic N) is 1. The Morgan fingerprint density at radius 2 is 2.57 bits per heavy atom. The minimum Gasteiger partial charge on any atom is -0.314 e. The molecule has 1 N–H and O–H groups in total. The maximum atomic E-state index is 4.38. The van der Waals surface area contributed by atoms with E-state index in [0.29, 0.717) is 6.04 Å². The van der Waals surface area contributed by atoms with Crippen molar-refractivity contribution in [3.8, 4) is 0 Å². The fourth-order valence-corrected chi connectivity index (χ4v) is 2.85. The van der Waals surface area contributed by atoms with Gasteiger partial charge in [-0.25, -0.2) is 4.98 Å². The van der Waals surface area contributed by atoms with Gasteiger partial charge in [-0.2, -0.15) is 0 Å². The molecule has 78 valence electrons. The normalized spacial score (nSPS) is 20.8. The summed E-state index contributed by atoms with van der Waals surface area (Å²) >= 11 is 1.82. The van der Waals surface area contributed by atoms with Crippen LogP contribution in [0.2, 0.25) is 0 Å². The van der Waals surface area contributed by atoms with Gasteiger partial charge in [0.15, 0.2) is 0 Å². The summed E-state index contributed by atoms with van der Waals surface area (Å²) in [5.41, 5.74) is 3.34. The van der Waals surface area contributed by atoms with Crippen LogP contribution >= 0.6 is 11.3 Å². The van der Waals surface area contributed by atoms with Gasteiger partial charge < -0.3 is 5.32 Å². The standard InChI is InChI=1S/C11H18N2S/c1-2-3-6-12-9-4-5-10-11(7-9)14-8-13-10/h8-9,12H,2-7H2,1H3/t9-/m0/s1. The molecule has 3 heteroatoms. The van der Waals surface area contributed by atoms with Crippen LogP contribution in [0.25, 0.3) is 0 Å². The number of unbranched alkanes of at least 4 members (excludes halogenated alkanes) is 1. The Bertz CT molecular complexity index is 283. The zero-order valence-electron chi connectivity index (χ0n) is 8.75. The summed E-state index contributed by atoms with van der Waals surface area (Å²) < 4.78 is 0. The molecule has 1 aliphatic carbocycles. The van der Waals surface area contributed by atoms with Gasteiger partial charge in [-0.05, 0) is 32.2 Å². The van der Waals surface area contributed by atoms with E-state index in [9.17, 15) is 0 Å². The summed E-state index contributed by atoms with van der Waals surface area (Å²) in [6, 6.07) is 0.703. The smallest absolute Gasteiger partial charge is 0.0797 e. The molecule has 2 rings (SSSR count). The lowest BCUT2D eigenvalue weighted by atomic mass is 9.97. The maximum absolute atomic E-state index is 4.38. The summed E-state index contributed by atoms with van der Waals surface area (Å²) in [5, 5.41) is 3.63. The highest BCUT2D eigenvalue weighted by atomic mass is 32.1. The van der Waals surface area contributed by atoms with Crippen LogP contribution in [0.1, 0.15) is 36.8 Å². The number of hydrogen-bond acceptors (Lipinski definition) is 3. The number of nitrogens with one attached hydrogen (secondary N) is 1. The summed E-state index contributed by atoms with van der Waals surface area (Å²) in [6.45, 7) is 3.42. The Balaban J connectivity index is 1.82.